The van der Waals surface area contributed by atoms with Gasteiger partial charge in [0.15, 0.2) is 0 Å². The van der Waals surface area contributed by atoms with Crippen LogP contribution in [0.2, 0.25) is 0 Å². The fourth-order valence-corrected chi connectivity index (χ4v) is 1.67. The highest BCUT2D eigenvalue weighted by Crippen LogP contribution is 2.20. The first-order chi connectivity index (χ1) is 5.83. The zero-order chi connectivity index (χ0) is 8.81. The van der Waals surface area contributed by atoms with Gasteiger partial charge in [-0.05, 0) is 32.1 Å². The van der Waals surface area contributed by atoms with Gasteiger partial charge in [0, 0.05) is 6.61 Å². The van der Waals surface area contributed by atoms with Crippen LogP contribution in [0.25, 0.3) is 0 Å². The van der Waals surface area contributed by atoms with Crippen molar-refractivity contribution >= 4 is 0 Å². The van der Waals surface area contributed by atoms with Crippen molar-refractivity contribution in [2.24, 2.45) is 0 Å². The average Bonchev–Trinajstić information content (AvgIpc) is 2.05. The zero-order valence-corrected chi connectivity index (χ0v) is 7.96. The second kappa shape index (κ2) is 5.55. The smallest absolute Gasteiger partial charge is 0.0599 e. The number of aliphatic hydroxyl groups is 1. The molecule has 0 saturated heterocycles. The van der Waals surface area contributed by atoms with E-state index >= 15 is 0 Å². The Morgan fingerprint density at radius 3 is 2.92 bits per heavy atom. The molecule has 0 aromatic rings. The lowest BCUT2D eigenvalue weighted by Gasteiger charge is -2.25. The van der Waals surface area contributed by atoms with Crippen molar-refractivity contribution in [1.82, 2.24) is 0 Å². The van der Waals surface area contributed by atoms with E-state index in [9.17, 15) is 5.11 Å². The third-order valence-corrected chi connectivity index (χ3v) is 2.45. The molecule has 1 rings (SSSR count). The van der Waals surface area contributed by atoms with Crippen LogP contribution in [0.15, 0.2) is 0 Å². The standard InChI is InChI=1S/C10H20O2/c1-2-3-7-12-10-6-4-5-9(11)8-10/h9-11H,2-8H2,1H3. The number of ether oxygens (including phenoxy) is 1. The second-order valence-corrected chi connectivity index (χ2v) is 3.67. The van der Waals surface area contributed by atoms with Gasteiger partial charge < -0.3 is 9.84 Å². The molecule has 72 valence electrons. The van der Waals surface area contributed by atoms with E-state index in [1.54, 1.807) is 0 Å². The first kappa shape index (κ1) is 10.0. The van der Waals surface area contributed by atoms with E-state index in [0.29, 0.717) is 6.10 Å². The number of hydrogen-bond donors (Lipinski definition) is 1. The zero-order valence-electron chi connectivity index (χ0n) is 7.96. The molecular formula is C10H20O2. The summed E-state index contributed by atoms with van der Waals surface area (Å²) < 4.78 is 5.63. The van der Waals surface area contributed by atoms with Crippen LogP contribution in [0, 0.1) is 0 Å². The van der Waals surface area contributed by atoms with Crippen LogP contribution in [-0.2, 0) is 4.74 Å². The van der Waals surface area contributed by atoms with Gasteiger partial charge in [-0.2, -0.15) is 0 Å². The molecule has 2 nitrogen and oxygen atoms in total. The van der Waals surface area contributed by atoms with Gasteiger partial charge in [0.2, 0.25) is 0 Å². The van der Waals surface area contributed by atoms with Crippen molar-refractivity contribution in [3.63, 3.8) is 0 Å². The molecule has 0 amide bonds. The van der Waals surface area contributed by atoms with Gasteiger partial charge in [0.1, 0.15) is 0 Å². The number of aliphatic hydroxyl groups excluding tert-OH is 1. The Kier molecular flexibility index (Phi) is 4.62. The van der Waals surface area contributed by atoms with Gasteiger partial charge in [-0.25, -0.2) is 0 Å². The summed E-state index contributed by atoms with van der Waals surface area (Å²) in [4.78, 5) is 0. The van der Waals surface area contributed by atoms with E-state index in [2.05, 4.69) is 6.92 Å². The second-order valence-electron chi connectivity index (χ2n) is 3.67. The number of unbranched alkanes of at least 4 members (excludes halogenated alkanes) is 1. The minimum absolute atomic E-state index is 0.106. The summed E-state index contributed by atoms with van der Waals surface area (Å²) in [5, 5.41) is 9.36. The lowest BCUT2D eigenvalue weighted by molar-refractivity contribution is -0.0153. The normalized spacial score (nSPS) is 30.5. The van der Waals surface area contributed by atoms with Crippen molar-refractivity contribution in [2.75, 3.05) is 6.61 Å². The molecule has 1 fully saturated rings. The Labute approximate surface area is 74.9 Å². The number of rotatable bonds is 4. The van der Waals surface area contributed by atoms with E-state index in [0.717, 1.165) is 38.7 Å². The van der Waals surface area contributed by atoms with E-state index in [1.165, 1.54) is 6.42 Å². The van der Waals surface area contributed by atoms with Gasteiger partial charge in [0.05, 0.1) is 12.2 Å². The molecule has 2 heteroatoms. The molecule has 1 aliphatic carbocycles. The van der Waals surface area contributed by atoms with Crippen molar-refractivity contribution in [3.8, 4) is 0 Å². The van der Waals surface area contributed by atoms with Gasteiger partial charge in [-0.3, -0.25) is 0 Å². The molecule has 1 aliphatic rings. The molecule has 0 bridgehead atoms. The van der Waals surface area contributed by atoms with Gasteiger partial charge >= 0.3 is 0 Å². The monoisotopic (exact) mass is 172 g/mol. The molecule has 0 spiro atoms. The molecule has 1 saturated carbocycles. The topological polar surface area (TPSA) is 29.5 Å². The lowest BCUT2D eigenvalue weighted by atomic mass is 9.95. The Morgan fingerprint density at radius 2 is 2.25 bits per heavy atom. The molecule has 2 unspecified atom stereocenters. The summed E-state index contributed by atoms with van der Waals surface area (Å²) in [5.74, 6) is 0. The minimum Gasteiger partial charge on any atom is -0.393 e. The Balaban J connectivity index is 2.06. The summed E-state index contributed by atoms with van der Waals surface area (Å²) in [7, 11) is 0. The van der Waals surface area contributed by atoms with Crippen molar-refractivity contribution in [1.29, 1.82) is 0 Å². The third-order valence-electron chi connectivity index (χ3n) is 2.45. The fraction of sp³-hybridized carbons (Fsp3) is 1.00. The van der Waals surface area contributed by atoms with Gasteiger partial charge in [0.25, 0.3) is 0 Å². The van der Waals surface area contributed by atoms with Crippen molar-refractivity contribution in [3.05, 3.63) is 0 Å². The summed E-state index contributed by atoms with van der Waals surface area (Å²) in [5.41, 5.74) is 0. The van der Waals surface area contributed by atoms with Crippen molar-refractivity contribution < 1.29 is 9.84 Å². The summed E-state index contributed by atoms with van der Waals surface area (Å²) in [6.07, 6.45) is 6.64. The molecule has 0 heterocycles. The highest BCUT2D eigenvalue weighted by atomic mass is 16.5. The Bertz CT molecular complexity index is 114. The molecule has 0 aromatic carbocycles. The SMILES string of the molecule is CCCCOC1CCCC(O)C1. The third kappa shape index (κ3) is 3.55. The largest absolute Gasteiger partial charge is 0.393 e. The van der Waals surface area contributed by atoms with Crippen LogP contribution in [-0.4, -0.2) is 23.9 Å². The molecular weight excluding hydrogens is 152 g/mol. The van der Waals surface area contributed by atoms with Crippen LogP contribution in [0.1, 0.15) is 45.4 Å². The summed E-state index contributed by atoms with van der Waals surface area (Å²) in [6.45, 7) is 3.03. The van der Waals surface area contributed by atoms with Crippen LogP contribution < -0.4 is 0 Å². The van der Waals surface area contributed by atoms with E-state index in [1.807, 2.05) is 0 Å². The lowest BCUT2D eigenvalue weighted by Crippen LogP contribution is -2.26. The predicted octanol–water partition coefficient (Wildman–Crippen LogP) is 2.11. The Morgan fingerprint density at radius 1 is 1.42 bits per heavy atom. The number of hydrogen-bond acceptors (Lipinski definition) is 2. The molecule has 2 atom stereocenters. The van der Waals surface area contributed by atoms with E-state index in [-0.39, 0.29) is 6.10 Å². The molecule has 0 aromatic heterocycles. The molecule has 0 aliphatic heterocycles. The maximum Gasteiger partial charge on any atom is 0.0599 e. The maximum absolute atomic E-state index is 9.36. The first-order valence-corrected chi connectivity index (χ1v) is 5.12. The highest BCUT2D eigenvalue weighted by molar-refractivity contribution is 4.72. The maximum atomic E-state index is 9.36. The molecule has 0 radical (unpaired) electrons. The first-order valence-electron chi connectivity index (χ1n) is 5.12. The summed E-state index contributed by atoms with van der Waals surface area (Å²) in [6, 6.07) is 0. The highest BCUT2D eigenvalue weighted by Gasteiger charge is 2.19. The molecule has 1 N–H and O–H groups in total. The predicted molar refractivity (Wildman–Crippen MR) is 49.1 cm³/mol. The fourth-order valence-electron chi connectivity index (χ4n) is 1.67. The molecule has 12 heavy (non-hydrogen) atoms. The van der Waals surface area contributed by atoms with Crippen LogP contribution in [0.5, 0.6) is 0 Å². The van der Waals surface area contributed by atoms with Gasteiger partial charge in [-0.15, -0.1) is 0 Å². The van der Waals surface area contributed by atoms with Crippen LogP contribution in [0.4, 0.5) is 0 Å². The summed E-state index contributed by atoms with van der Waals surface area (Å²) >= 11 is 0. The van der Waals surface area contributed by atoms with Crippen LogP contribution in [0.3, 0.4) is 0 Å². The van der Waals surface area contributed by atoms with Crippen molar-refractivity contribution in [2.45, 2.75) is 57.7 Å². The van der Waals surface area contributed by atoms with Crippen LogP contribution >= 0.6 is 0 Å². The Hall–Kier alpha value is -0.0800. The van der Waals surface area contributed by atoms with E-state index < -0.39 is 0 Å². The minimum atomic E-state index is -0.106. The average molecular weight is 172 g/mol. The van der Waals surface area contributed by atoms with E-state index in [4.69, 9.17) is 4.74 Å². The van der Waals surface area contributed by atoms with Gasteiger partial charge in [-0.1, -0.05) is 13.3 Å². The quantitative estimate of drug-likeness (QED) is 0.658.